The Balaban J connectivity index is 1.53. The normalized spacial score (nSPS) is 13.3. The van der Waals surface area contributed by atoms with Crippen LogP contribution in [0.4, 0.5) is 4.39 Å². The number of carbonyl (C=O) groups excluding carboxylic acids is 1. The third kappa shape index (κ3) is 6.48. The summed E-state index contributed by atoms with van der Waals surface area (Å²) in [5.74, 6) is -0.445. The number of nitrogens with one attached hydrogen (secondary N) is 2. The minimum absolute atomic E-state index is 0.128. The average molecular weight is 455 g/mol. The van der Waals surface area contributed by atoms with Gasteiger partial charge in [-0.3, -0.25) is 4.79 Å². The maximum absolute atomic E-state index is 13.0. The topological polar surface area (TPSA) is 75.3 Å². The van der Waals surface area contributed by atoms with Crippen molar-refractivity contribution in [1.82, 2.24) is 10.0 Å². The van der Waals surface area contributed by atoms with Gasteiger partial charge in [0.05, 0.1) is 10.9 Å². The molecular weight excluding hydrogens is 427 g/mol. The molecule has 2 N–H and O–H groups in total. The molecule has 3 aromatic rings. The van der Waals surface area contributed by atoms with Crippen LogP contribution in [0.3, 0.4) is 0 Å². The fourth-order valence-electron chi connectivity index (χ4n) is 3.35. The zero-order chi connectivity index (χ0) is 23.1. The van der Waals surface area contributed by atoms with E-state index >= 15 is 0 Å². The smallest absolute Gasteiger partial charge is 0.241 e. The van der Waals surface area contributed by atoms with Crippen LogP contribution in [0, 0.1) is 5.82 Å². The summed E-state index contributed by atoms with van der Waals surface area (Å²) >= 11 is 0. The van der Waals surface area contributed by atoms with E-state index in [1.807, 2.05) is 37.3 Å². The molecule has 1 amide bonds. The van der Waals surface area contributed by atoms with E-state index in [1.165, 1.54) is 12.1 Å². The second-order valence-electron chi connectivity index (χ2n) is 7.74. The summed E-state index contributed by atoms with van der Waals surface area (Å²) in [4.78, 5) is 12.4. The van der Waals surface area contributed by atoms with Crippen molar-refractivity contribution >= 4 is 15.9 Å². The minimum atomic E-state index is -3.66. The van der Waals surface area contributed by atoms with Gasteiger partial charge in [0.25, 0.3) is 0 Å². The number of hydrogen-bond donors (Lipinski definition) is 2. The first-order chi connectivity index (χ1) is 15.2. The summed E-state index contributed by atoms with van der Waals surface area (Å²) in [6, 6.07) is 21.3. The van der Waals surface area contributed by atoms with Crippen LogP contribution in [0.15, 0.2) is 83.8 Å². The molecule has 0 aliphatic rings. The number of aryl methyl sites for hydroxylation is 1. The number of amides is 1. The lowest BCUT2D eigenvalue weighted by atomic mass is 10.1. The molecule has 0 bridgehead atoms. The van der Waals surface area contributed by atoms with E-state index in [0.29, 0.717) is 6.42 Å². The minimum Gasteiger partial charge on any atom is -0.350 e. The number of benzene rings is 3. The Kier molecular flexibility index (Phi) is 7.77. The summed E-state index contributed by atoms with van der Waals surface area (Å²) in [5, 5.41) is 2.89. The van der Waals surface area contributed by atoms with E-state index in [1.54, 1.807) is 43.3 Å². The maximum Gasteiger partial charge on any atom is 0.241 e. The number of hydrogen-bond acceptors (Lipinski definition) is 3. The molecule has 0 aliphatic heterocycles. The SMILES string of the molecule is C[C@H](NC(=O)CCc1ccc(S(=O)(=O)N[C@H](C)c2ccccc2)cc1)c1ccc(F)cc1. The predicted octanol–water partition coefficient (Wildman–Crippen LogP) is 4.68. The summed E-state index contributed by atoms with van der Waals surface area (Å²) in [7, 11) is -3.66. The summed E-state index contributed by atoms with van der Waals surface area (Å²) < 4.78 is 41.1. The van der Waals surface area contributed by atoms with Crippen LogP contribution in [-0.2, 0) is 21.2 Å². The second kappa shape index (κ2) is 10.5. The molecule has 3 rings (SSSR count). The Morgan fingerprint density at radius 2 is 1.44 bits per heavy atom. The predicted molar refractivity (Wildman–Crippen MR) is 123 cm³/mol. The monoisotopic (exact) mass is 454 g/mol. The summed E-state index contributed by atoms with van der Waals surface area (Å²) in [6.07, 6.45) is 0.747. The molecule has 0 fully saturated rings. The molecule has 0 saturated carbocycles. The number of rotatable bonds is 9. The van der Waals surface area contributed by atoms with Crippen LogP contribution in [0.25, 0.3) is 0 Å². The molecule has 0 spiro atoms. The van der Waals surface area contributed by atoms with Gasteiger partial charge in [-0.25, -0.2) is 17.5 Å². The number of sulfonamides is 1. The van der Waals surface area contributed by atoms with Crippen molar-refractivity contribution in [1.29, 1.82) is 0 Å². The lowest BCUT2D eigenvalue weighted by Crippen LogP contribution is -2.27. The van der Waals surface area contributed by atoms with Gasteiger partial charge in [-0.05, 0) is 61.2 Å². The zero-order valence-electron chi connectivity index (χ0n) is 18.1. The van der Waals surface area contributed by atoms with Crippen molar-refractivity contribution < 1.29 is 17.6 Å². The molecular formula is C25H27FN2O3S. The maximum atomic E-state index is 13.0. The number of halogens is 1. The molecule has 0 aromatic heterocycles. The molecule has 0 unspecified atom stereocenters. The van der Waals surface area contributed by atoms with Crippen molar-refractivity contribution in [2.45, 2.75) is 43.7 Å². The molecule has 0 radical (unpaired) electrons. The van der Waals surface area contributed by atoms with Crippen molar-refractivity contribution in [2.75, 3.05) is 0 Å². The van der Waals surface area contributed by atoms with Crippen molar-refractivity contribution in [3.63, 3.8) is 0 Å². The molecule has 32 heavy (non-hydrogen) atoms. The highest BCUT2D eigenvalue weighted by Crippen LogP contribution is 2.18. The Hall–Kier alpha value is -3.03. The van der Waals surface area contributed by atoms with Crippen molar-refractivity contribution in [2.24, 2.45) is 0 Å². The second-order valence-corrected chi connectivity index (χ2v) is 9.45. The van der Waals surface area contributed by atoms with E-state index in [0.717, 1.165) is 16.7 Å². The van der Waals surface area contributed by atoms with E-state index in [9.17, 15) is 17.6 Å². The Bertz CT molecular complexity index is 1130. The van der Waals surface area contributed by atoms with Crippen LogP contribution in [0.2, 0.25) is 0 Å². The van der Waals surface area contributed by atoms with Crippen molar-refractivity contribution in [3.8, 4) is 0 Å². The number of carbonyl (C=O) groups is 1. The van der Waals surface area contributed by atoms with Crippen LogP contribution in [0.1, 0.15) is 49.0 Å². The quantitative estimate of drug-likeness (QED) is 0.493. The molecule has 168 valence electrons. The average Bonchev–Trinajstić information content (AvgIpc) is 2.78. The zero-order valence-corrected chi connectivity index (χ0v) is 18.9. The van der Waals surface area contributed by atoms with Gasteiger partial charge in [0.2, 0.25) is 15.9 Å². The Morgan fingerprint density at radius 1 is 0.844 bits per heavy atom. The first-order valence-electron chi connectivity index (χ1n) is 10.5. The van der Waals surface area contributed by atoms with Gasteiger partial charge in [0.15, 0.2) is 0 Å². The highest BCUT2D eigenvalue weighted by atomic mass is 32.2. The van der Waals surface area contributed by atoms with Crippen LogP contribution >= 0.6 is 0 Å². The van der Waals surface area contributed by atoms with E-state index in [2.05, 4.69) is 10.0 Å². The van der Waals surface area contributed by atoms with Gasteiger partial charge < -0.3 is 5.32 Å². The first-order valence-corrected chi connectivity index (χ1v) is 11.9. The summed E-state index contributed by atoms with van der Waals surface area (Å²) in [6.45, 7) is 3.64. The Morgan fingerprint density at radius 3 is 2.06 bits per heavy atom. The van der Waals surface area contributed by atoms with Crippen LogP contribution in [0.5, 0.6) is 0 Å². The lowest BCUT2D eigenvalue weighted by Gasteiger charge is -2.15. The van der Waals surface area contributed by atoms with Gasteiger partial charge in [-0.15, -0.1) is 0 Å². The van der Waals surface area contributed by atoms with E-state index in [4.69, 9.17) is 0 Å². The van der Waals surface area contributed by atoms with Crippen LogP contribution in [-0.4, -0.2) is 14.3 Å². The molecule has 0 saturated heterocycles. The van der Waals surface area contributed by atoms with Gasteiger partial charge in [-0.2, -0.15) is 0 Å². The summed E-state index contributed by atoms with van der Waals surface area (Å²) in [5.41, 5.74) is 2.57. The van der Waals surface area contributed by atoms with Gasteiger partial charge in [-0.1, -0.05) is 54.6 Å². The fourth-order valence-corrected chi connectivity index (χ4v) is 4.58. The fraction of sp³-hybridized carbons (Fsp3) is 0.240. The third-order valence-corrected chi connectivity index (χ3v) is 6.81. The van der Waals surface area contributed by atoms with E-state index in [-0.39, 0.29) is 35.1 Å². The molecule has 7 heteroatoms. The third-order valence-electron chi connectivity index (χ3n) is 5.25. The molecule has 2 atom stereocenters. The molecule has 0 aliphatic carbocycles. The largest absolute Gasteiger partial charge is 0.350 e. The van der Waals surface area contributed by atoms with E-state index < -0.39 is 10.0 Å². The van der Waals surface area contributed by atoms with Gasteiger partial charge in [0.1, 0.15) is 5.82 Å². The first kappa shape index (κ1) is 23.6. The lowest BCUT2D eigenvalue weighted by molar-refractivity contribution is -0.121. The van der Waals surface area contributed by atoms with Crippen LogP contribution < -0.4 is 10.0 Å². The van der Waals surface area contributed by atoms with Crippen molar-refractivity contribution in [3.05, 3.63) is 101 Å². The highest BCUT2D eigenvalue weighted by molar-refractivity contribution is 7.89. The van der Waals surface area contributed by atoms with Gasteiger partial charge >= 0.3 is 0 Å². The van der Waals surface area contributed by atoms with Gasteiger partial charge in [0, 0.05) is 12.5 Å². The molecule has 0 heterocycles. The molecule has 3 aromatic carbocycles. The molecule has 5 nitrogen and oxygen atoms in total. The standard InChI is InChI=1S/C25H27FN2O3S/c1-18(22-11-13-23(26)14-12-22)27-25(29)17-10-20-8-15-24(16-9-20)32(30,31)28-19(2)21-6-4-3-5-7-21/h3-9,11-16,18-19,28H,10,17H2,1-2H3,(H,27,29)/t18-,19+/m0/s1. The highest BCUT2D eigenvalue weighted by Gasteiger charge is 2.18. The Labute approximate surface area is 188 Å².